The molecule has 0 saturated heterocycles. The zero-order valence-electron chi connectivity index (χ0n) is 16.5. The third kappa shape index (κ3) is 4.46. The number of anilines is 1. The van der Waals surface area contributed by atoms with E-state index in [0.717, 1.165) is 11.6 Å². The Morgan fingerprint density at radius 1 is 0.969 bits per heavy atom. The first-order valence-electron chi connectivity index (χ1n) is 9.59. The number of halogens is 3. The van der Waals surface area contributed by atoms with Crippen LogP contribution in [0.25, 0.3) is 22.0 Å². The predicted molar refractivity (Wildman–Crippen MR) is 113 cm³/mol. The van der Waals surface area contributed by atoms with Gasteiger partial charge in [-0.15, -0.1) is 0 Å². The number of aromatic amines is 1. The van der Waals surface area contributed by atoms with E-state index in [4.69, 9.17) is 0 Å². The maximum atomic E-state index is 13.2. The van der Waals surface area contributed by atoms with Gasteiger partial charge < -0.3 is 15.6 Å². The third-order valence-corrected chi connectivity index (χ3v) is 4.89. The summed E-state index contributed by atoms with van der Waals surface area (Å²) in [6.07, 6.45) is 0.272. The Balaban J connectivity index is 1.39. The minimum Gasteiger partial charge on any atom is -0.359 e. The Bertz CT molecular complexity index is 1280. The lowest BCUT2D eigenvalue weighted by Crippen LogP contribution is -2.34. The first-order valence-corrected chi connectivity index (χ1v) is 9.59. The molecule has 2 aromatic heterocycles. The van der Waals surface area contributed by atoms with Crippen molar-refractivity contribution in [2.75, 3.05) is 5.32 Å². The van der Waals surface area contributed by atoms with E-state index < -0.39 is 23.6 Å². The van der Waals surface area contributed by atoms with Gasteiger partial charge in [0.25, 0.3) is 0 Å². The highest BCUT2D eigenvalue weighted by Crippen LogP contribution is 2.36. The SMILES string of the molecule is O=C(NCc1ccc(-c2ccccc2C(F)(F)F)cc1)C(=O)Nc1c[nH]c2ccncc12. The normalized spacial score (nSPS) is 11.3. The minimum atomic E-state index is -4.46. The molecule has 6 nitrogen and oxygen atoms in total. The average molecular weight is 438 g/mol. The molecular formula is C23H17F3N4O2. The van der Waals surface area contributed by atoms with Crippen LogP contribution in [0.3, 0.4) is 0 Å². The molecule has 0 unspecified atom stereocenters. The van der Waals surface area contributed by atoms with E-state index in [1.54, 1.807) is 55.0 Å². The van der Waals surface area contributed by atoms with Crippen LogP contribution in [0.15, 0.2) is 73.2 Å². The number of amides is 2. The number of pyridine rings is 1. The Morgan fingerprint density at radius 2 is 1.72 bits per heavy atom. The van der Waals surface area contributed by atoms with Gasteiger partial charge in [0.1, 0.15) is 0 Å². The number of fused-ring (bicyclic) bond motifs is 1. The highest BCUT2D eigenvalue weighted by atomic mass is 19.4. The number of carbonyl (C=O) groups is 2. The first kappa shape index (κ1) is 21.1. The predicted octanol–water partition coefficient (Wildman–Crippen LogP) is 4.50. The number of nitrogens with one attached hydrogen (secondary N) is 3. The molecule has 9 heteroatoms. The fourth-order valence-corrected chi connectivity index (χ4v) is 3.29. The molecule has 0 atom stereocenters. The van der Waals surface area contributed by atoms with Crippen molar-refractivity contribution in [1.82, 2.24) is 15.3 Å². The van der Waals surface area contributed by atoms with Crippen molar-refractivity contribution >= 4 is 28.4 Å². The summed E-state index contributed by atoms with van der Waals surface area (Å²) in [6.45, 7) is 0.0445. The molecule has 0 spiro atoms. The fourth-order valence-electron chi connectivity index (χ4n) is 3.29. The molecule has 2 amide bonds. The summed E-state index contributed by atoms with van der Waals surface area (Å²) in [4.78, 5) is 31.3. The fraction of sp³-hybridized carbons (Fsp3) is 0.0870. The molecule has 4 rings (SSSR count). The number of hydrogen-bond acceptors (Lipinski definition) is 3. The van der Waals surface area contributed by atoms with E-state index >= 15 is 0 Å². The van der Waals surface area contributed by atoms with Crippen LogP contribution in [-0.4, -0.2) is 21.8 Å². The van der Waals surface area contributed by atoms with Crippen molar-refractivity contribution in [2.24, 2.45) is 0 Å². The second-order valence-corrected chi connectivity index (χ2v) is 7.00. The Morgan fingerprint density at radius 3 is 2.47 bits per heavy atom. The van der Waals surface area contributed by atoms with Gasteiger partial charge in [-0.25, -0.2) is 0 Å². The second kappa shape index (κ2) is 8.54. The smallest absolute Gasteiger partial charge is 0.359 e. The molecule has 32 heavy (non-hydrogen) atoms. The van der Waals surface area contributed by atoms with Crippen LogP contribution in [0.5, 0.6) is 0 Å². The quantitative estimate of drug-likeness (QED) is 0.410. The maximum Gasteiger partial charge on any atom is 0.417 e. The molecule has 0 radical (unpaired) electrons. The van der Waals surface area contributed by atoms with Crippen molar-refractivity contribution in [3.05, 3.63) is 84.3 Å². The highest BCUT2D eigenvalue weighted by Gasteiger charge is 2.33. The number of nitrogens with zero attached hydrogens (tertiary/aromatic N) is 1. The van der Waals surface area contributed by atoms with E-state index in [9.17, 15) is 22.8 Å². The Hall–Kier alpha value is -4.14. The standard InChI is InChI=1S/C23H17F3N4O2/c24-23(25,26)18-4-2-1-3-16(18)15-7-5-14(6-8-15)11-29-21(31)22(32)30-20-13-28-19-9-10-27-12-17(19)20/h1-10,12-13,28H,11H2,(H,29,31)(H,30,32). The minimum absolute atomic E-state index is 0.0445. The molecule has 0 fully saturated rings. The van der Waals surface area contributed by atoms with Gasteiger partial charge in [0.2, 0.25) is 0 Å². The summed E-state index contributed by atoms with van der Waals surface area (Å²) >= 11 is 0. The number of rotatable bonds is 4. The molecule has 2 heterocycles. The monoisotopic (exact) mass is 438 g/mol. The second-order valence-electron chi connectivity index (χ2n) is 7.00. The molecule has 4 aromatic rings. The van der Waals surface area contributed by atoms with Gasteiger partial charge in [-0.2, -0.15) is 13.2 Å². The van der Waals surface area contributed by atoms with Crippen molar-refractivity contribution in [1.29, 1.82) is 0 Å². The van der Waals surface area contributed by atoms with Gasteiger partial charge in [0.05, 0.1) is 16.8 Å². The lowest BCUT2D eigenvalue weighted by molar-refractivity contribution is -0.137. The lowest BCUT2D eigenvalue weighted by Gasteiger charge is -2.13. The van der Waals surface area contributed by atoms with Crippen molar-refractivity contribution in [2.45, 2.75) is 12.7 Å². The van der Waals surface area contributed by atoms with Crippen molar-refractivity contribution < 1.29 is 22.8 Å². The molecular weight excluding hydrogens is 421 g/mol. The molecule has 0 aliphatic carbocycles. The van der Waals surface area contributed by atoms with Gasteiger partial charge in [-0.1, -0.05) is 42.5 Å². The van der Waals surface area contributed by atoms with Crippen molar-refractivity contribution in [3.8, 4) is 11.1 Å². The molecule has 0 aliphatic heterocycles. The van der Waals surface area contributed by atoms with Crippen LogP contribution in [0.4, 0.5) is 18.9 Å². The lowest BCUT2D eigenvalue weighted by atomic mass is 9.98. The molecule has 162 valence electrons. The van der Waals surface area contributed by atoms with E-state index in [-0.39, 0.29) is 12.1 Å². The van der Waals surface area contributed by atoms with Crippen LogP contribution in [-0.2, 0) is 22.3 Å². The molecule has 0 aliphatic rings. The maximum absolute atomic E-state index is 13.2. The van der Waals surface area contributed by atoms with E-state index in [1.807, 2.05) is 0 Å². The van der Waals surface area contributed by atoms with Crippen LogP contribution in [0, 0.1) is 0 Å². The highest BCUT2D eigenvalue weighted by molar-refractivity contribution is 6.40. The van der Waals surface area contributed by atoms with E-state index in [0.29, 0.717) is 22.2 Å². The summed E-state index contributed by atoms with van der Waals surface area (Å²) in [5.74, 6) is -1.68. The first-order chi connectivity index (χ1) is 15.3. The van der Waals surface area contributed by atoms with E-state index in [1.165, 1.54) is 12.1 Å². The summed E-state index contributed by atoms with van der Waals surface area (Å²) in [6, 6.07) is 13.4. The van der Waals surface area contributed by atoms with Crippen molar-refractivity contribution in [3.63, 3.8) is 0 Å². The molecule has 0 saturated carbocycles. The Kier molecular flexibility index (Phi) is 5.63. The number of hydrogen-bond donors (Lipinski definition) is 3. The summed E-state index contributed by atoms with van der Waals surface area (Å²) in [7, 11) is 0. The summed E-state index contributed by atoms with van der Waals surface area (Å²) in [5.41, 5.74) is 1.59. The van der Waals surface area contributed by atoms with Gasteiger partial charge in [0.15, 0.2) is 0 Å². The zero-order valence-corrected chi connectivity index (χ0v) is 16.5. The molecule has 3 N–H and O–H groups in total. The van der Waals surface area contributed by atoms with E-state index in [2.05, 4.69) is 20.6 Å². The van der Waals surface area contributed by atoms with Crippen LogP contribution in [0.1, 0.15) is 11.1 Å². The summed E-state index contributed by atoms with van der Waals surface area (Å²) < 4.78 is 39.7. The zero-order chi connectivity index (χ0) is 22.7. The van der Waals surface area contributed by atoms with Crippen LogP contribution < -0.4 is 10.6 Å². The van der Waals surface area contributed by atoms with Crippen LogP contribution >= 0.6 is 0 Å². The van der Waals surface area contributed by atoms with Gasteiger partial charge in [-0.05, 0) is 28.8 Å². The van der Waals surface area contributed by atoms with Gasteiger partial charge in [-0.3, -0.25) is 14.6 Å². The third-order valence-electron chi connectivity index (χ3n) is 4.89. The van der Waals surface area contributed by atoms with Gasteiger partial charge in [0, 0.05) is 30.5 Å². The number of H-pyrrole nitrogens is 1. The van der Waals surface area contributed by atoms with Gasteiger partial charge >= 0.3 is 18.0 Å². The number of carbonyl (C=O) groups excluding carboxylic acids is 2. The number of alkyl halides is 3. The average Bonchev–Trinajstić information content (AvgIpc) is 3.20. The number of aromatic nitrogens is 2. The molecule has 2 aromatic carbocycles. The molecule has 0 bridgehead atoms. The van der Waals surface area contributed by atoms with Crippen LogP contribution in [0.2, 0.25) is 0 Å². The summed E-state index contributed by atoms with van der Waals surface area (Å²) in [5, 5.41) is 5.69. The number of benzene rings is 2. The topological polar surface area (TPSA) is 86.9 Å². The largest absolute Gasteiger partial charge is 0.417 e. The Labute approximate surface area is 180 Å².